The summed E-state index contributed by atoms with van der Waals surface area (Å²) < 4.78 is 0. The molecule has 5 aromatic carbocycles. The smallest absolute Gasteiger partial charge is 0.0746 e. The highest BCUT2D eigenvalue weighted by atomic mass is 14.9. The Kier molecular flexibility index (Phi) is 5.72. The molecule has 3 aliphatic rings. The molecule has 0 radical (unpaired) electrons. The van der Waals surface area contributed by atoms with Crippen molar-refractivity contribution in [3.8, 4) is 22.3 Å². The van der Waals surface area contributed by atoms with Crippen molar-refractivity contribution >= 4 is 16.9 Å². The van der Waals surface area contributed by atoms with Gasteiger partial charge in [0.2, 0.25) is 0 Å². The van der Waals surface area contributed by atoms with Gasteiger partial charge in [-0.2, -0.15) is 0 Å². The quantitative estimate of drug-likeness (QED) is 0.229. The molecule has 1 heteroatoms. The second-order valence-electron chi connectivity index (χ2n) is 13.4. The lowest BCUT2D eigenvalue weighted by Gasteiger charge is -2.34. The van der Waals surface area contributed by atoms with Crippen molar-refractivity contribution in [1.29, 1.82) is 0 Å². The van der Waals surface area contributed by atoms with Crippen LogP contribution < -0.4 is 5.32 Å². The number of benzene rings is 5. The summed E-state index contributed by atoms with van der Waals surface area (Å²) in [5.74, 6) is 0.420. The van der Waals surface area contributed by atoms with Crippen molar-refractivity contribution in [1.82, 2.24) is 0 Å². The van der Waals surface area contributed by atoms with Gasteiger partial charge in [-0.3, -0.25) is 0 Å². The van der Waals surface area contributed by atoms with Gasteiger partial charge < -0.3 is 5.32 Å². The zero-order valence-corrected chi connectivity index (χ0v) is 25.4. The maximum absolute atomic E-state index is 4.03. The molecule has 1 N–H and O–H groups in total. The first kappa shape index (κ1) is 26.0. The molecule has 0 aliphatic heterocycles. The van der Waals surface area contributed by atoms with E-state index in [1.165, 1.54) is 66.9 Å². The van der Waals surface area contributed by atoms with Crippen LogP contribution in [0.5, 0.6) is 0 Å². The molecule has 1 atom stereocenters. The minimum absolute atomic E-state index is 0.0932. The van der Waals surface area contributed by atoms with E-state index in [2.05, 4.69) is 160 Å². The van der Waals surface area contributed by atoms with Crippen LogP contribution in [-0.2, 0) is 5.41 Å². The molecular weight excluding hydrogens is 518 g/mol. The summed E-state index contributed by atoms with van der Waals surface area (Å²) in [6.45, 7) is 9.36. The molecule has 8 rings (SSSR count). The summed E-state index contributed by atoms with van der Waals surface area (Å²) in [5.41, 5.74) is 17.0. The highest BCUT2D eigenvalue weighted by molar-refractivity contribution is 6.01. The fourth-order valence-electron chi connectivity index (χ4n) is 7.89. The van der Waals surface area contributed by atoms with Crippen molar-refractivity contribution in [2.45, 2.75) is 39.5 Å². The molecule has 0 amide bonds. The van der Waals surface area contributed by atoms with E-state index >= 15 is 0 Å². The van der Waals surface area contributed by atoms with E-state index in [9.17, 15) is 0 Å². The number of para-hydroxylation sites is 1. The van der Waals surface area contributed by atoms with E-state index in [-0.39, 0.29) is 5.41 Å². The Balaban J connectivity index is 1.51. The SMILES string of the molecule is CC1CC=C(C(C)(C)C)C=C1c1ccc2c(c1Nc1ccccc1)C1(c3ccccc3-c3ccccc31)c1ccccc1-2. The minimum atomic E-state index is -0.409. The summed E-state index contributed by atoms with van der Waals surface area (Å²) in [6.07, 6.45) is 5.99. The van der Waals surface area contributed by atoms with Crippen molar-refractivity contribution in [2.75, 3.05) is 5.32 Å². The Labute approximate surface area is 255 Å². The number of fused-ring (bicyclic) bond motifs is 10. The average Bonchev–Trinajstić information content (AvgIpc) is 3.49. The van der Waals surface area contributed by atoms with E-state index in [0.717, 1.165) is 12.1 Å². The summed E-state index contributed by atoms with van der Waals surface area (Å²) >= 11 is 0. The maximum Gasteiger partial charge on any atom is 0.0746 e. The maximum atomic E-state index is 4.03. The van der Waals surface area contributed by atoms with Crippen LogP contribution in [0.2, 0.25) is 0 Å². The van der Waals surface area contributed by atoms with Crippen molar-refractivity contribution in [3.05, 3.63) is 161 Å². The van der Waals surface area contributed by atoms with Crippen LogP contribution in [0.4, 0.5) is 11.4 Å². The van der Waals surface area contributed by atoms with Gasteiger partial charge in [-0.1, -0.05) is 143 Å². The molecule has 1 unspecified atom stereocenters. The van der Waals surface area contributed by atoms with Crippen LogP contribution in [-0.4, -0.2) is 0 Å². The Morgan fingerprint density at radius 2 is 1.12 bits per heavy atom. The van der Waals surface area contributed by atoms with Gasteiger partial charge in [0.25, 0.3) is 0 Å². The molecule has 0 saturated carbocycles. The van der Waals surface area contributed by atoms with Gasteiger partial charge in [-0.05, 0) is 80.0 Å². The van der Waals surface area contributed by atoms with E-state index in [1.54, 1.807) is 0 Å². The number of nitrogens with one attached hydrogen (secondary N) is 1. The number of hydrogen-bond donors (Lipinski definition) is 1. The molecule has 0 saturated heterocycles. The molecule has 3 aliphatic carbocycles. The summed E-state index contributed by atoms with van der Waals surface area (Å²) in [5, 5.41) is 4.03. The lowest BCUT2D eigenvalue weighted by molar-refractivity contribution is 0.509. The molecule has 0 bridgehead atoms. The first-order valence-electron chi connectivity index (χ1n) is 15.6. The first-order valence-corrected chi connectivity index (χ1v) is 15.6. The first-order chi connectivity index (χ1) is 20.9. The average molecular weight is 556 g/mol. The Morgan fingerprint density at radius 3 is 1.70 bits per heavy atom. The molecule has 5 aromatic rings. The van der Waals surface area contributed by atoms with Gasteiger partial charge in [0.05, 0.1) is 11.1 Å². The molecular formula is C42H37N. The largest absolute Gasteiger partial charge is 0.355 e. The van der Waals surface area contributed by atoms with E-state index in [1.807, 2.05) is 0 Å². The van der Waals surface area contributed by atoms with Gasteiger partial charge in [-0.15, -0.1) is 0 Å². The van der Waals surface area contributed by atoms with Crippen LogP contribution in [0, 0.1) is 11.3 Å². The standard InChI is InChI=1S/C42H37N/c1-27-22-23-28(41(2,3)4)26-35(27)34-25-24-33-32-18-10-13-21-38(32)42(39(33)40(34)43-29-14-6-5-7-15-29)36-19-11-8-16-30(36)31-17-9-12-20-37(31)42/h5-21,23-27,43H,22H2,1-4H3. The fraction of sp³-hybridized carbons (Fsp3) is 0.190. The van der Waals surface area contributed by atoms with E-state index < -0.39 is 5.41 Å². The number of allylic oxidation sites excluding steroid dienone is 4. The summed E-state index contributed by atoms with van der Waals surface area (Å²) in [4.78, 5) is 0. The zero-order chi connectivity index (χ0) is 29.3. The molecule has 43 heavy (non-hydrogen) atoms. The normalized spacial score (nSPS) is 17.4. The third-order valence-electron chi connectivity index (χ3n) is 9.91. The third-order valence-corrected chi connectivity index (χ3v) is 9.91. The van der Waals surface area contributed by atoms with Crippen LogP contribution in [0.1, 0.15) is 61.9 Å². The lowest BCUT2D eigenvalue weighted by Crippen LogP contribution is -2.27. The predicted molar refractivity (Wildman–Crippen MR) is 182 cm³/mol. The topological polar surface area (TPSA) is 12.0 Å². The molecule has 0 aromatic heterocycles. The lowest BCUT2D eigenvalue weighted by atomic mass is 9.69. The van der Waals surface area contributed by atoms with Crippen molar-refractivity contribution in [3.63, 3.8) is 0 Å². The molecule has 0 fully saturated rings. The Hall–Kier alpha value is -4.62. The van der Waals surface area contributed by atoms with E-state index in [0.29, 0.717) is 5.92 Å². The number of rotatable bonds is 3. The van der Waals surface area contributed by atoms with E-state index in [4.69, 9.17) is 0 Å². The van der Waals surface area contributed by atoms with Crippen LogP contribution >= 0.6 is 0 Å². The van der Waals surface area contributed by atoms with Crippen LogP contribution in [0.25, 0.3) is 27.8 Å². The van der Waals surface area contributed by atoms with Crippen LogP contribution in [0.15, 0.2) is 133 Å². The van der Waals surface area contributed by atoms with Gasteiger partial charge in [0.15, 0.2) is 0 Å². The van der Waals surface area contributed by atoms with Crippen molar-refractivity contribution < 1.29 is 0 Å². The molecule has 1 nitrogen and oxygen atoms in total. The Bertz CT molecular complexity index is 1900. The number of anilines is 2. The van der Waals surface area contributed by atoms with Crippen molar-refractivity contribution in [2.24, 2.45) is 11.3 Å². The molecule has 210 valence electrons. The summed E-state index contributed by atoms with van der Waals surface area (Å²) in [7, 11) is 0. The monoisotopic (exact) mass is 555 g/mol. The Morgan fingerprint density at radius 1 is 0.605 bits per heavy atom. The summed E-state index contributed by atoms with van der Waals surface area (Å²) in [6, 6.07) is 42.8. The molecule has 0 heterocycles. The fourth-order valence-corrected chi connectivity index (χ4v) is 7.89. The minimum Gasteiger partial charge on any atom is -0.355 e. The highest BCUT2D eigenvalue weighted by Gasteiger charge is 2.53. The van der Waals surface area contributed by atoms with Gasteiger partial charge >= 0.3 is 0 Å². The number of hydrogen-bond acceptors (Lipinski definition) is 1. The zero-order valence-electron chi connectivity index (χ0n) is 25.4. The third kappa shape index (κ3) is 3.70. The second kappa shape index (κ2) is 9.44. The second-order valence-corrected chi connectivity index (χ2v) is 13.4. The highest BCUT2D eigenvalue weighted by Crippen LogP contribution is 2.65. The van der Waals surface area contributed by atoms with Gasteiger partial charge in [-0.25, -0.2) is 0 Å². The molecule has 1 spiro atoms. The van der Waals surface area contributed by atoms with Gasteiger partial charge in [0.1, 0.15) is 0 Å². The van der Waals surface area contributed by atoms with Gasteiger partial charge in [0, 0.05) is 16.8 Å². The van der Waals surface area contributed by atoms with Crippen LogP contribution in [0.3, 0.4) is 0 Å². The predicted octanol–water partition coefficient (Wildman–Crippen LogP) is 11.2.